The molecule has 27 heavy (non-hydrogen) atoms. The van der Waals surface area contributed by atoms with Crippen LogP contribution < -0.4 is 10.1 Å². The van der Waals surface area contributed by atoms with Gasteiger partial charge in [-0.3, -0.25) is 4.40 Å². The highest BCUT2D eigenvalue weighted by Gasteiger charge is 2.15. The molecule has 0 unspecified atom stereocenters. The molecule has 0 amide bonds. The maximum atomic E-state index is 13.8. The van der Waals surface area contributed by atoms with Crippen molar-refractivity contribution < 1.29 is 9.13 Å². The second kappa shape index (κ2) is 7.95. The van der Waals surface area contributed by atoms with Crippen LogP contribution in [0.2, 0.25) is 0 Å². The van der Waals surface area contributed by atoms with Crippen LogP contribution in [0.4, 0.5) is 15.2 Å². The summed E-state index contributed by atoms with van der Waals surface area (Å²) in [6.45, 7) is 1.96. The number of aromatic nitrogens is 3. The highest BCUT2D eigenvalue weighted by Crippen LogP contribution is 2.31. The fourth-order valence-corrected chi connectivity index (χ4v) is 3.80. The summed E-state index contributed by atoms with van der Waals surface area (Å²) in [6, 6.07) is 8.62. The van der Waals surface area contributed by atoms with Crippen molar-refractivity contribution in [3.63, 3.8) is 0 Å². The first-order chi connectivity index (χ1) is 12.5. The molecule has 0 aliphatic heterocycles. The topological polar surface area (TPSA) is 51.5 Å². The van der Waals surface area contributed by atoms with E-state index in [4.69, 9.17) is 4.74 Å². The van der Waals surface area contributed by atoms with Crippen molar-refractivity contribution in [2.75, 3.05) is 12.4 Å². The van der Waals surface area contributed by atoms with Crippen molar-refractivity contribution in [2.45, 2.75) is 6.92 Å². The normalized spacial score (nSPS) is 10.7. The summed E-state index contributed by atoms with van der Waals surface area (Å²) in [6.07, 6.45) is 1.97. The van der Waals surface area contributed by atoms with Gasteiger partial charge in [0, 0.05) is 27.8 Å². The second-order valence-corrected chi connectivity index (χ2v) is 7.41. The van der Waals surface area contributed by atoms with Gasteiger partial charge in [0.05, 0.1) is 18.5 Å². The van der Waals surface area contributed by atoms with Crippen molar-refractivity contribution in [1.29, 1.82) is 0 Å². The average Bonchev–Trinajstić information content (AvgIpc) is 3.18. The Hall–Kier alpha value is -1.97. The number of imidazole rings is 1. The minimum Gasteiger partial charge on any atom is -0.494 e. The van der Waals surface area contributed by atoms with Gasteiger partial charge in [0.1, 0.15) is 11.3 Å². The van der Waals surface area contributed by atoms with E-state index in [0.29, 0.717) is 10.8 Å². The maximum Gasteiger partial charge on any atom is 0.187 e. The molecule has 4 aromatic rings. The van der Waals surface area contributed by atoms with E-state index in [1.165, 1.54) is 24.5 Å². The van der Waals surface area contributed by atoms with Crippen molar-refractivity contribution in [1.82, 2.24) is 14.4 Å². The third-order valence-electron chi connectivity index (χ3n) is 3.91. The van der Waals surface area contributed by atoms with E-state index in [-0.39, 0.29) is 22.7 Å². The molecule has 3 heterocycles. The number of ether oxygens (including phenoxy) is 1. The summed E-state index contributed by atoms with van der Waals surface area (Å²) >= 11 is 4.94. The van der Waals surface area contributed by atoms with Gasteiger partial charge in [0.25, 0.3) is 0 Å². The summed E-state index contributed by atoms with van der Waals surface area (Å²) in [5.74, 6) is -0.209. The highest BCUT2D eigenvalue weighted by molar-refractivity contribution is 9.10. The van der Waals surface area contributed by atoms with E-state index >= 15 is 0 Å². The summed E-state index contributed by atoms with van der Waals surface area (Å²) in [5.41, 5.74) is 4.12. The van der Waals surface area contributed by atoms with E-state index in [1.54, 1.807) is 12.1 Å². The number of aryl methyl sites for hydroxylation is 1. The molecule has 0 fully saturated rings. The van der Waals surface area contributed by atoms with Crippen LogP contribution in [0.1, 0.15) is 5.69 Å². The van der Waals surface area contributed by atoms with Crippen molar-refractivity contribution in [3.8, 4) is 17.1 Å². The summed E-state index contributed by atoms with van der Waals surface area (Å²) in [7, 11) is 1.44. The van der Waals surface area contributed by atoms with Crippen molar-refractivity contribution in [2.24, 2.45) is 0 Å². The van der Waals surface area contributed by atoms with Crippen LogP contribution in [0, 0.1) is 12.7 Å². The molecular weight excluding hydrogens is 499 g/mol. The van der Waals surface area contributed by atoms with Gasteiger partial charge in [-0.15, -0.1) is 28.3 Å². The molecule has 0 aliphatic carbocycles. The second-order valence-electron chi connectivity index (χ2n) is 5.63. The lowest BCUT2D eigenvalue weighted by molar-refractivity contribution is 0.386. The predicted molar refractivity (Wildman–Crippen MR) is 115 cm³/mol. The Bertz CT molecular complexity index is 1110. The number of pyridine rings is 1. The zero-order chi connectivity index (χ0) is 18.3. The lowest BCUT2D eigenvalue weighted by Gasteiger charge is -2.05. The molecule has 0 spiro atoms. The van der Waals surface area contributed by atoms with Crippen LogP contribution in [0.25, 0.3) is 17.0 Å². The number of benzene rings is 1. The lowest BCUT2D eigenvalue weighted by Crippen LogP contribution is -1.94. The van der Waals surface area contributed by atoms with Crippen LogP contribution in [0.3, 0.4) is 0 Å². The Labute approximate surface area is 178 Å². The summed E-state index contributed by atoms with van der Waals surface area (Å²) in [5, 5.41) is 5.76. The zero-order valence-corrected chi connectivity index (χ0v) is 18.5. The summed E-state index contributed by atoms with van der Waals surface area (Å²) < 4.78 is 21.8. The van der Waals surface area contributed by atoms with Gasteiger partial charge in [0.15, 0.2) is 16.7 Å². The van der Waals surface area contributed by atoms with E-state index in [1.807, 2.05) is 35.0 Å². The molecule has 3 aromatic heterocycles. The Morgan fingerprint density at radius 1 is 1.22 bits per heavy atom. The fourth-order valence-electron chi connectivity index (χ4n) is 2.75. The smallest absolute Gasteiger partial charge is 0.187 e. The quantitative estimate of drug-likeness (QED) is 0.363. The number of anilines is 2. The van der Waals surface area contributed by atoms with E-state index in [2.05, 4.69) is 31.2 Å². The minimum absolute atomic E-state index is 0. The van der Waals surface area contributed by atoms with Crippen LogP contribution in [-0.4, -0.2) is 21.5 Å². The third-order valence-corrected chi connectivity index (χ3v) is 5.13. The fraction of sp³-hybridized carbons (Fsp3) is 0.111. The van der Waals surface area contributed by atoms with E-state index in [0.717, 1.165) is 27.2 Å². The van der Waals surface area contributed by atoms with Crippen LogP contribution in [0.15, 0.2) is 46.4 Å². The molecule has 5 nitrogen and oxygen atoms in total. The Morgan fingerprint density at radius 2 is 2.04 bits per heavy atom. The lowest BCUT2D eigenvalue weighted by atomic mass is 10.3. The molecule has 140 valence electrons. The van der Waals surface area contributed by atoms with Gasteiger partial charge in [-0.2, -0.15) is 0 Å². The number of thiazole rings is 1. The number of nitrogens with one attached hydrogen (secondary N) is 1. The monoisotopic (exact) mass is 512 g/mol. The first-order valence-corrected chi connectivity index (χ1v) is 9.43. The maximum absolute atomic E-state index is 13.8. The van der Waals surface area contributed by atoms with Gasteiger partial charge in [0.2, 0.25) is 0 Å². The Balaban J connectivity index is 0.00000210. The van der Waals surface area contributed by atoms with Crippen LogP contribution in [-0.2, 0) is 0 Å². The molecule has 4 rings (SSSR count). The summed E-state index contributed by atoms with van der Waals surface area (Å²) in [4.78, 5) is 9.22. The number of halogens is 3. The molecular formula is C18H15Br2FN4OS. The average molecular weight is 514 g/mol. The van der Waals surface area contributed by atoms with Gasteiger partial charge in [-0.1, -0.05) is 0 Å². The molecule has 9 heteroatoms. The van der Waals surface area contributed by atoms with E-state index < -0.39 is 5.82 Å². The molecule has 0 saturated carbocycles. The molecule has 1 N–H and O–H groups in total. The molecule has 0 radical (unpaired) electrons. The third kappa shape index (κ3) is 3.85. The van der Waals surface area contributed by atoms with Gasteiger partial charge >= 0.3 is 0 Å². The highest BCUT2D eigenvalue weighted by atomic mass is 79.9. The number of rotatable bonds is 4. The number of fused-ring (bicyclic) bond motifs is 1. The number of hydrogen-bond acceptors (Lipinski definition) is 5. The van der Waals surface area contributed by atoms with Crippen molar-refractivity contribution in [3.05, 3.63) is 57.9 Å². The molecule has 0 saturated heterocycles. The SMILES string of the molecule is Br.COc1ccc(Nc2nc(-c3c(C)nc4ccc(Br)cn34)cs2)cc1F. The number of hydrogen-bond donors (Lipinski definition) is 1. The standard InChI is InChI=1S/C18H14BrFN4OS.BrH/c1-10-17(24-8-11(19)3-6-16(24)21-10)14-9-26-18(23-14)22-12-4-5-15(25-2)13(20)7-12;/h3-9H,1-2H3,(H,22,23);1H. The molecule has 0 aliphatic rings. The Kier molecular flexibility index (Phi) is 5.83. The molecule has 1 aromatic carbocycles. The first-order valence-electron chi connectivity index (χ1n) is 7.76. The van der Waals surface area contributed by atoms with Gasteiger partial charge in [-0.25, -0.2) is 14.4 Å². The van der Waals surface area contributed by atoms with Crippen LogP contribution >= 0.6 is 44.2 Å². The Morgan fingerprint density at radius 3 is 2.78 bits per heavy atom. The minimum atomic E-state index is -0.420. The number of nitrogens with zero attached hydrogens (tertiary/aromatic N) is 3. The van der Waals surface area contributed by atoms with Gasteiger partial charge in [-0.05, 0) is 47.1 Å². The van der Waals surface area contributed by atoms with Crippen LogP contribution in [0.5, 0.6) is 5.75 Å². The van der Waals surface area contributed by atoms with E-state index in [9.17, 15) is 4.39 Å². The molecule has 0 atom stereocenters. The number of methoxy groups -OCH3 is 1. The first kappa shape index (κ1) is 19.8. The van der Waals surface area contributed by atoms with Gasteiger partial charge < -0.3 is 10.1 Å². The predicted octanol–water partition coefficient (Wildman–Crippen LogP) is 6.00. The van der Waals surface area contributed by atoms with Crippen molar-refractivity contribution >= 4 is 60.7 Å². The molecule has 0 bridgehead atoms. The zero-order valence-electron chi connectivity index (χ0n) is 14.4. The largest absolute Gasteiger partial charge is 0.494 e.